The van der Waals surface area contributed by atoms with Crippen LogP contribution in [0.25, 0.3) is 0 Å². The van der Waals surface area contributed by atoms with E-state index in [1.165, 1.54) is 0 Å². The zero-order valence-corrected chi connectivity index (χ0v) is 9.54. The van der Waals surface area contributed by atoms with Crippen molar-refractivity contribution < 1.29 is 22.0 Å². The van der Waals surface area contributed by atoms with Crippen molar-refractivity contribution in [3.8, 4) is 0 Å². The second-order valence-corrected chi connectivity index (χ2v) is 4.09. The molecule has 1 atom stereocenters. The fraction of sp³-hybridized carbons (Fsp3) is 0.333. The average Bonchev–Trinajstić information content (AvgIpc) is 2.19. The van der Waals surface area contributed by atoms with E-state index in [-0.39, 0.29) is 10.0 Å². The molecule has 0 unspecified atom stereocenters. The van der Waals surface area contributed by atoms with Crippen molar-refractivity contribution >= 4 is 23.2 Å². The van der Waals surface area contributed by atoms with Gasteiger partial charge in [-0.25, -0.2) is 0 Å². The molecular formula is C9H6Cl2F5N. The minimum Gasteiger partial charge on any atom is -0.319 e. The van der Waals surface area contributed by atoms with Crippen molar-refractivity contribution in [3.05, 3.63) is 33.8 Å². The van der Waals surface area contributed by atoms with Gasteiger partial charge in [0.05, 0.1) is 10.0 Å². The van der Waals surface area contributed by atoms with E-state index in [0.29, 0.717) is 0 Å². The Bertz CT molecular complexity index is 418. The molecule has 0 radical (unpaired) electrons. The number of halogens is 7. The molecule has 2 N–H and O–H groups in total. The van der Waals surface area contributed by atoms with E-state index in [1.54, 1.807) is 0 Å². The second kappa shape index (κ2) is 4.59. The molecule has 0 spiro atoms. The van der Waals surface area contributed by atoms with Crippen LogP contribution < -0.4 is 5.73 Å². The first-order valence-corrected chi connectivity index (χ1v) is 4.98. The van der Waals surface area contributed by atoms with Crippen LogP contribution >= 0.6 is 23.2 Å². The lowest BCUT2D eigenvalue weighted by molar-refractivity contribution is -0.291. The van der Waals surface area contributed by atoms with E-state index in [1.807, 2.05) is 0 Å². The van der Waals surface area contributed by atoms with E-state index in [0.717, 1.165) is 18.2 Å². The van der Waals surface area contributed by atoms with Crippen LogP contribution in [-0.4, -0.2) is 12.1 Å². The third-order valence-electron chi connectivity index (χ3n) is 2.07. The van der Waals surface area contributed by atoms with E-state index < -0.39 is 23.7 Å². The summed E-state index contributed by atoms with van der Waals surface area (Å²) in [6, 6.07) is 0.426. The summed E-state index contributed by atoms with van der Waals surface area (Å²) < 4.78 is 62.0. The van der Waals surface area contributed by atoms with Crippen LogP contribution in [0, 0.1) is 0 Å². The number of hydrogen-bond donors (Lipinski definition) is 1. The van der Waals surface area contributed by atoms with Gasteiger partial charge in [-0.15, -0.1) is 0 Å². The molecular weight excluding hydrogens is 288 g/mol. The van der Waals surface area contributed by atoms with Crippen LogP contribution in [0.5, 0.6) is 0 Å². The smallest absolute Gasteiger partial charge is 0.319 e. The molecule has 0 aliphatic heterocycles. The summed E-state index contributed by atoms with van der Waals surface area (Å²) in [5, 5.41) is -0.101. The highest BCUT2D eigenvalue weighted by molar-refractivity contribution is 6.42. The molecule has 0 saturated carbocycles. The Hall–Kier alpha value is -0.590. The Morgan fingerprint density at radius 2 is 1.53 bits per heavy atom. The molecule has 0 amide bonds. The second-order valence-electron chi connectivity index (χ2n) is 3.27. The Morgan fingerprint density at radius 1 is 1.00 bits per heavy atom. The number of hydrogen-bond acceptors (Lipinski definition) is 1. The molecule has 17 heavy (non-hydrogen) atoms. The Kier molecular flexibility index (Phi) is 3.91. The van der Waals surface area contributed by atoms with E-state index in [9.17, 15) is 22.0 Å². The molecule has 8 heteroatoms. The molecule has 0 aromatic heterocycles. The van der Waals surface area contributed by atoms with Gasteiger partial charge in [-0.2, -0.15) is 22.0 Å². The molecule has 1 aromatic rings. The summed E-state index contributed by atoms with van der Waals surface area (Å²) in [5.74, 6) is -5.04. The fourth-order valence-corrected chi connectivity index (χ4v) is 1.40. The monoisotopic (exact) mass is 293 g/mol. The van der Waals surface area contributed by atoms with Crippen LogP contribution in [0.3, 0.4) is 0 Å². The van der Waals surface area contributed by atoms with Crippen molar-refractivity contribution in [1.82, 2.24) is 0 Å². The summed E-state index contributed by atoms with van der Waals surface area (Å²) in [7, 11) is 0. The van der Waals surface area contributed by atoms with Crippen LogP contribution in [-0.2, 0) is 0 Å². The SMILES string of the molecule is N[C@@H](c1ccc(Cl)c(Cl)c1)C(F)(F)C(F)(F)F. The average molecular weight is 294 g/mol. The molecule has 96 valence electrons. The predicted octanol–water partition coefficient (Wildman–Crippen LogP) is 4.19. The standard InChI is InChI=1S/C9H6Cl2F5N/c10-5-2-1-4(3-6(5)11)7(17)8(12,13)9(14,15)16/h1-3,7H,17H2/t7-/m0/s1. The minimum atomic E-state index is -5.72. The maximum atomic E-state index is 12.9. The molecule has 0 fully saturated rings. The van der Waals surface area contributed by atoms with E-state index in [4.69, 9.17) is 28.9 Å². The summed E-state index contributed by atoms with van der Waals surface area (Å²) in [6.45, 7) is 0. The topological polar surface area (TPSA) is 26.0 Å². The van der Waals surface area contributed by atoms with Crippen LogP contribution in [0.1, 0.15) is 11.6 Å². The number of alkyl halides is 5. The van der Waals surface area contributed by atoms with Crippen molar-refractivity contribution in [3.63, 3.8) is 0 Å². The van der Waals surface area contributed by atoms with Gasteiger partial charge in [-0.3, -0.25) is 0 Å². The molecule has 0 aliphatic carbocycles. The Morgan fingerprint density at radius 3 is 1.94 bits per heavy atom. The number of nitrogens with two attached hydrogens (primary N) is 1. The maximum Gasteiger partial charge on any atom is 0.455 e. The first kappa shape index (κ1) is 14.5. The highest BCUT2D eigenvalue weighted by Gasteiger charge is 2.61. The van der Waals surface area contributed by atoms with Crippen LogP contribution in [0.2, 0.25) is 10.0 Å². The molecule has 1 nitrogen and oxygen atoms in total. The van der Waals surface area contributed by atoms with Crippen molar-refractivity contribution in [2.75, 3.05) is 0 Å². The fourth-order valence-electron chi connectivity index (χ4n) is 1.09. The van der Waals surface area contributed by atoms with Crippen molar-refractivity contribution in [1.29, 1.82) is 0 Å². The first-order valence-electron chi connectivity index (χ1n) is 4.22. The Balaban J connectivity index is 3.12. The van der Waals surface area contributed by atoms with Crippen molar-refractivity contribution in [2.45, 2.75) is 18.1 Å². The summed E-state index contributed by atoms with van der Waals surface area (Å²) in [5.41, 5.74) is 4.46. The predicted molar refractivity (Wildman–Crippen MR) is 54.4 cm³/mol. The van der Waals surface area contributed by atoms with Crippen LogP contribution in [0.15, 0.2) is 18.2 Å². The third kappa shape index (κ3) is 2.81. The molecule has 0 aliphatic rings. The Labute approximate surface area is 103 Å². The highest BCUT2D eigenvalue weighted by atomic mass is 35.5. The molecule has 0 heterocycles. The third-order valence-corrected chi connectivity index (χ3v) is 2.81. The first-order chi connectivity index (χ1) is 7.57. The lowest BCUT2D eigenvalue weighted by atomic mass is 10.0. The van der Waals surface area contributed by atoms with Gasteiger partial charge in [0.25, 0.3) is 0 Å². The quantitative estimate of drug-likeness (QED) is 0.813. The number of benzene rings is 1. The lowest BCUT2D eigenvalue weighted by Crippen LogP contribution is -2.45. The van der Waals surface area contributed by atoms with E-state index in [2.05, 4.69) is 0 Å². The van der Waals surface area contributed by atoms with Gasteiger partial charge in [-0.1, -0.05) is 29.3 Å². The van der Waals surface area contributed by atoms with E-state index >= 15 is 0 Å². The summed E-state index contributed by atoms with van der Waals surface area (Å²) in [6.07, 6.45) is -5.72. The molecule has 0 bridgehead atoms. The minimum absolute atomic E-state index is 0.0398. The van der Waals surface area contributed by atoms with Gasteiger partial charge >= 0.3 is 12.1 Å². The normalized spacial score (nSPS) is 14.8. The zero-order valence-electron chi connectivity index (χ0n) is 8.03. The summed E-state index contributed by atoms with van der Waals surface area (Å²) in [4.78, 5) is 0. The number of rotatable bonds is 2. The lowest BCUT2D eigenvalue weighted by Gasteiger charge is -2.26. The van der Waals surface area contributed by atoms with Gasteiger partial charge in [0, 0.05) is 0 Å². The van der Waals surface area contributed by atoms with Crippen LogP contribution in [0.4, 0.5) is 22.0 Å². The van der Waals surface area contributed by atoms with Gasteiger partial charge < -0.3 is 5.73 Å². The highest BCUT2D eigenvalue weighted by Crippen LogP contribution is 2.43. The molecule has 1 rings (SSSR count). The summed E-state index contributed by atoms with van der Waals surface area (Å²) >= 11 is 11.0. The van der Waals surface area contributed by atoms with Crippen molar-refractivity contribution in [2.24, 2.45) is 5.73 Å². The van der Waals surface area contributed by atoms with Gasteiger partial charge in [0.1, 0.15) is 6.04 Å². The molecule has 0 saturated heterocycles. The zero-order chi connectivity index (χ0) is 13.4. The van der Waals surface area contributed by atoms with Gasteiger partial charge in [0.2, 0.25) is 0 Å². The van der Waals surface area contributed by atoms with Gasteiger partial charge in [-0.05, 0) is 17.7 Å². The largest absolute Gasteiger partial charge is 0.455 e. The maximum absolute atomic E-state index is 12.9. The molecule has 1 aromatic carbocycles. The van der Waals surface area contributed by atoms with Gasteiger partial charge in [0.15, 0.2) is 0 Å².